The zero-order chi connectivity index (χ0) is 28.4. The van der Waals surface area contributed by atoms with Gasteiger partial charge in [0.15, 0.2) is 0 Å². The zero-order valence-electron chi connectivity index (χ0n) is 22.8. The second-order valence-electron chi connectivity index (χ2n) is 11.3. The summed E-state index contributed by atoms with van der Waals surface area (Å²) in [4.78, 5) is 30.0. The van der Waals surface area contributed by atoms with Crippen molar-refractivity contribution >= 4 is 30.1 Å². The van der Waals surface area contributed by atoms with Gasteiger partial charge >= 0.3 is 13.2 Å². The maximum Gasteiger partial charge on any atom is 0.475 e. The van der Waals surface area contributed by atoms with Crippen molar-refractivity contribution in [3.8, 4) is 6.07 Å². The molecule has 3 heterocycles. The highest BCUT2D eigenvalue weighted by Gasteiger charge is 2.54. The Bertz CT molecular complexity index is 1310. The second-order valence-corrected chi connectivity index (χ2v) is 11.3. The van der Waals surface area contributed by atoms with Crippen LogP contribution in [0.15, 0.2) is 46.6 Å². The number of morpholine rings is 1. The van der Waals surface area contributed by atoms with Gasteiger partial charge in [-0.25, -0.2) is 4.79 Å². The maximum absolute atomic E-state index is 13.5. The molecule has 1 aromatic carbocycles. The van der Waals surface area contributed by atoms with E-state index in [1.807, 2.05) is 32.0 Å². The lowest BCUT2D eigenvalue weighted by atomic mass is 9.76. The van der Waals surface area contributed by atoms with Crippen LogP contribution in [-0.4, -0.2) is 95.9 Å². The molecule has 2 aromatic rings. The van der Waals surface area contributed by atoms with Gasteiger partial charge in [-0.05, 0) is 56.2 Å². The molecule has 2 saturated heterocycles. The standard InChI is InChI=1S/C28H35BN4O7/c1-28(2,32-7-9-38-10-8-32)13-20(14-30)26(34)33-15-18-11-22(18)23(33)17-40-27(35)31-25(29(36)37)12-19-16-39-24-6-4-3-5-21(19)24/h3-6,13,16,18,22-23,25,36-37H,7-12,15,17H2,1-2H3,(H,31,35)/b20-13-/t18-,22-,23-,25-/m0/s1. The summed E-state index contributed by atoms with van der Waals surface area (Å²) >= 11 is 0. The molecule has 1 saturated carbocycles. The molecule has 3 aliphatic rings. The average Bonchev–Trinajstić information content (AvgIpc) is 3.45. The summed E-state index contributed by atoms with van der Waals surface area (Å²) < 4.78 is 16.4. The van der Waals surface area contributed by atoms with Crippen LogP contribution in [-0.2, 0) is 20.7 Å². The number of ether oxygens (including phenoxy) is 2. The first-order chi connectivity index (χ1) is 19.2. The van der Waals surface area contributed by atoms with Crippen molar-refractivity contribution < 1.29 is 33.5 Å². The number of carbonyl (C=O) groups is 2. The van der Waals surface area contributed by atoms with Crippen molar-refractivity contribution in [3.05, 3.63) is 47.7 Å². The topological polar surface area (TPSA) is 148 Å². The summed E-state index contributed by atoms with van der Waals surface area (Å²) in [5.74, 6) is -0.853. The molecule has 1 aromatic heterocycles. The molecule has 0 bridgehead atoms. The summed E-state index contributed by atoms with van der Waals surface area (Å²) in [5, 5.41) is 33.0. The van der Waals surface area contributed by atoms with E-state index in [0.29, 0.717) is 31.3 Å². The highest BCUT2D eigenvalue weighted by Crippen LogP contribution is 2.50. The number of benzene rings is 1. The number of hydrogen-bond donors (Lipinski definition) is 3. The molecule has 40 heavy (non-hydrogen) atoms. The smallest absolute Gasteiger partial charge is 0.464 e. The van der Waals surface area contributed by atoms with Gasteiger partial charge in [0.2, 0.25) is 0 Å². The van der Waals surface area contributed by atoms with Crippen molar-refractivity contribution in [2.45, 2.75) is 44.2 Å². The summed E-state index contributed by atoms with van der Waals surface area (Å²) in [6.07, 6.45) is 3.50. The number of likely N-dealkylation sites (tertiary alicyclic amines) is 1. The minimum atomic E-state index is -1.82. The first-order valence-corrected chi connectivity index (χ1v) is 13.7. The maximum atomic E-state index is 13.5. The van der Waals surface area contributed by atoms with Gasteiger partial charge in [-0.3, -0.25) is 9.69 Å². The van der Waals surface area contributed by atoms with Gasteiger partial charge in [-0.1, -0.05) is 18.2 Å². The lowest BCUT2D eigenvalue weighted by molar-refractivity contribution is -0.129. The van der Waals surface area contributed by atoms with E-state index >= 15 is 0 Å². The third-order valence-electron chi connectivity index (χ3n) is 8.29. The lowest BCUT2D eigenvalue weighted by Gasteiger charge is -2.39. The molecule has 2 aliphatic heterocycles. The number of hydrogen-bond acceptors (Lipinski definition) is 9. The monoisotopic (exact) mass is 550 g/mol. The van der Waals surface area contributed by atoms with Gasteiger partial charge in [0, 0.05) is 30.6 Å². The fourth-order valence-corrected chi connectivity index (χ4v) is 5.91. The van der Waals surface area contributed by atoms with Crippen LogP contribution in [0.25, 0.3) is 11.0 Å². The highest BCUT2D eigenvalue weighted by molar-refractivity contribution is 6.43. The first-order valence-electron chi connectivity index (χ1n) is 13.7. The fraction of sp³-hybridized carbons (Fsp3) is 0.536. The van der Waals surface area contributed by atoms with E-state index in [0.717, 1.165) is 30.5 Å². The number of rotatable bonds is 9. The second kappa shape index (κ2) is 11.6. The predicted octanol–water partition coefficient (Wildman–Crippen LogP) is 1.49. The number of para-hydroxylation sites is 1. The van der Waals surface area contributed by atoms with Gasteiger partial charge in [-0.2, -0.15) is 5.26 Å². The largest absolute Gasteiger partial charge is 0.475 e. The molecule has 5 rings (SSSR count). The minimum absolute atomic E-state index is 0.0484. The van der Waals surface area contributed by atoms with E-state index < -0.39 is 24.7 Å². The number of nitrogens with zero attached hydrogens (tertiary/aromatic N) is 3. The minimum Gasteiger partial charge on any atom is -0.464 e. The Hall–Kier alpha value is -3.37. The molecule has 3 fully saturated rings. The summed E-state index contributed by atoms with van der Waals surface area (Å²) in [6.45, 7) is 7.08. The Morgan fingerprint density at radius 2 is 2.05 bits per heavy atom. The van der Waals surface area contributed by atoms with E-state index in [2.05, 4.69) is 16.3 Å². The molecule has 2 amide bonds. The number of amides is 2. The fourth-order valence-electron chi connectivity index (χ4n) is 5.91. The van der Waals surface area contributed by atoms with Crippen LogP contribution in [0.4, 0.5) is 4.79 Å². The van der Waals surface area contributed by atoms with Crippen LogP contribution < -0.4 is 5.32 Å². The zero-order valence-corrected chi connectivity index (χ0v) is 22.8. The van der Waals surface area contributed by atoms with Gasteiger partial charge < -0.3 is 34.2 Å². The highest BCUT2D eigenvalue weighted by atomic mass is 16.5. The Kier molecular flexibility index (Phi) is 8.19. The molecular weight excluding hydrogens is 515 g/mol. The third-order valence-corrected chi connectivity index (χ3v) is 8.29. The van der Waals surface area contributed by atoms with Gasteiger partial charge in [-0.15, -0.1) is 0 Å². The summed E-state index contributed by atoms with van der Waals surface area (Å²) in [6, 6.07) is 9.10. The molecule has 212 valence electrons. The van der Waals surface area contributed by atoms with Crippen LogP contribution in [0.5, 0.6) is 0 Å². The van der Waals surface area contributed by atoms with Crippen LogP contribution in [0, 0.1) is 23.2 Å². The van der Waals surface area contributed by atoms with E-state index in [9.17, 15) is 24.9 Å². The van der Waals surface area contributed by atoms with Gasteiger partial charge in [0.1, 0.15) is 23.8 Å². The Morgan fingerprint density at radius 1 is 1.30 bits per heavy atom. The van der Waals surface area contributed by atoms with Crippen LogP contribution in [0.2, 0.25) is 0 Å². The molecule has 1 aliphatic carbocycles. The van der Waals surface area contributed by atoms with Crippen molar-refractivity contribution in [2.75, 3.05) is 39.5 Å². The molecule has 12 heteroatoms. The van der Waals surface area contributed by atoms with Crippen molar-refractivity contribution in [3.63, 3.8) is 0 Å². The SMILES string of the molecule is CC(C)(/C=C(/C#N)C(=O)N1C[C@@H]2C[C@@H]2[C@@H]1COC(=O)N[C@@H](Cc1coc2ccccc12)B(O)O)N1CCOCC1. The molecular formula is C28H35BN4O7. The predicted molar refractivity (Wildman–Crippen MR) is 146 cm³/mol. The van der Waals surface area contributed by atoms with Crippen LogP contribution in [0.1, 0.15) is 25.8 Å². The number of nitriles is 1. The van der Waals surface area contributed by atoms with E-state index in [-0.39, 0.29) is 36.5 Å². The lowest BCUT2D eigenvalue weighted by Crippen LogP contribution is -2.50. The van der Waals surface area contributed by atoms with E-state index in [1.165, 1.54) is 6.26 Å². The number of piperidine rings is 1. The van der Waals surface area contributed by atoms with Crippen molar-refractivity contribution in [2.24, 2.45) is 11.8 Å². The molecule has 3 N–H and O–H groups in total. The molecule has 0 spiro atoms. The van der Waals surface area contributed by atoms with E-state index in [1.54, 1.807) is 17.0 Å². The normalized spacial score (nSPS) is 23.8. The number of fused-ring (bicyclic) bond motifs is 2. The summed E-state index contributed by atoms with van der Waals surface area (Å²) in [7, 11) is -1.82. The van der Waals surface area contributed by atoms with Gasteiger partial charge in [0.25, 0.3) is 5.91 Å². The van der Waals surface area contributed by atoms with E-state index in [4.69, 9.17) is 13.9 Å². The molecule has 4 atom stereocenters. The number of alkyl carbamates (subject to hydrolysis) is 1. The number of furan rings is 1. The quantitative estimate of drug-likeness (QED) is 0.240. The summed E-state index contributed by atoms with van der Waals surface area (Å²) in [5.41, 5.74) is 0.955. The molecule has 11 nitrogen and oxygen atoms in total. The number of carbonyl (C=O) groups excluding carboxylic acids is 2. The molecule has 0 unspecified atom stereocenters. The van der Waals surface area contributed by atoms with Gasteiger partial charge in [0.05, 0.1) is 31.5 Å². The Labute approximate surface area is 233 Å². The Morgan fingerprint density at radius 3 is 2.77 bits per heavy atom. The molecule has 0 radical (unpaired) electrons. The van der Waals surface area contributed by atoms with Crippen LogP contribution >= 0.6 is 0 Å². The van der Waals surface area contributed by atoms with Crippen LogP contribution in [0.3, 0.4) is 0 Å². The van der Waals surface area contributed by atoms with Crippen molar-refractivity contribution in [1.82, 2.24) is 15.1 Å². The number of nitrogens with one attached hydrogen (secondary N) is 1. The van der Waals surface area contributed by atoms with Crippen molar-refractivity contribution in [1.29, 1.82) is 5.26 Å². The first kappa shape index (κ1) is 28.2. The Balaban J connectivity index is 1.21. The third kappa shape index (κ3) is 6.03. The average molecular weight is 550 g/mol.